The van der Waals surface area contributed by atoms with Gasteiger partial charge in [0.25, 0.3) is 0 Å². The van der Waals surface area contributed by atoms with Crippen LogP contribution in [-0.2, 0) is 23.1 Å². The first-order valence-corrected chi connectivity index (χ1v) is 7.99. The summed E-state index contributed by atoms with van der Waals surface area (Å²) in [6.07, 6.45) is 1.59. The van der Waals surface area contributed by atoms with E-state index in [9.17, 15) is 8.42 Å². The molecular formula is C14H16N4O2S. The molecule has 1 aromatic carbocycles. The Kier molecular flexibility index (Phi) is 3.18. The molecule has 1 aromatic heterocycles. The van der Waals surface area contributed by atoms with Crippen LogP contribution in [0.4, 0.5) is 5.95 Å². The molecule has 1 aliphatic heterocycles. The maximum atomic E-state index is 12.8. The van der Waals surface area contributed by atoms with E-state index in [1.165, 1.54) is 4.31 Å². The highest BCUT2D eigenvalue weighted by molar-refractivity contribution is 7.89. The topological polar surface area (TPSA) is 89.2 Å². The fraction of sp³-hybridized carbons (Fsp3) is 0.286. The lowest BCUT2D eigenvalue weighted by Gasteiger charge is -2.17. The molecule has 0 atom stereocenters. The lowest BCUT2D eigenvalue weighted by Crippen LogP contribution is -2.26. The number of aromatic nitrogens is 2. The lowest BCUT2D eigenvalue weighted by atomic mass is 10.2. The van der Waals surface area contributed by atoms with Gasteiger partial charge in [0, 0.05) is 18.3 Å². The minimum Gasteiger partial charge on any atom is -0.368 e. The van der Waals surface area contributed by atoms with Crippen LogP contribution in [0, 0.1) is 13.8 Å². The summed E-state index contributed by atoms with van der Waals surface area (Å²) in [5.74, 6) is 0.166. The summed E-state index contributed by atoms with van der Waals surface area (Å²) in [5, 5.41) is 0. The van der Waals surface area contributed by atoms with Crippen LogP contribution in [0.3, 0.4) is 0 Å². The number of nitrogens with zero attached hydrogens (tertiary/aromatic N) is 3. The molecule has 0 saturated heterocycles. The SMILES string of the molecule is Cc1ccc(S(=O)(=O)N2Cc3cnc(N)nc3C2)c(C)c1. The van der Waals surface area contributed by atoms with Gasteiger partial charge in [-0.3, -0.25) is 0 Å². The van der Waals surface area contributed by atoms with Crippen LogP contribution in [-0.4, -0.2) is 22.7 Å². The second kappa shape index (κ2) is 4.78. The van der Waals surface area contributed by atoms with Crippen molar-refractivity contribution in [1.29, 1.82) is 0 Å². The number of hydrogen-bond acceptors (Lipinski definition) is 5. The molecule has 2 N–H and O–H groups in total. The van der Waals surface area contributed by atoms with E-state index in [-0.39, 0.29) is 19.0 Å². The van der Waals surface area contributed by atoms with Crippen LogP contribution >= 0.6 is 0 Å². The average Bonchev–Trinajstić information content (AvgIpc) is 2.81. The van der Waals surface area contributed by atoms with Gasteiger partial charge in [0.15, 0.2) is 0 Å². The number of rotatable bonds is 2. The van der Waals surface area contributed by atoms with E-state index < -0.39 is 10.0 Å². The summed E-state index contributed by atoms with van der Waals surface area (Å²) in [4.78, 5) is 8.36. The quantitative estimate of drug-likeness (QED) is 0.905. The molecule has 0 radical (unpaired) electrons. The first-order valence-electron chi connectivity index (χ1n) is 6.55. The van der Waals surface area contributed by atoms with Gasteiger partial charge in [0.05, 0.1) is 17.1 Å². The van der Waals surface area contributed by atoms with E-state index in [0.29, 0.717) is 10.6 Å². The van der Waals surface area contributed by atoms with Crippen LogP contribution < -0.4 is 5.73 Å². The van der Waals surface area contributed by atoms with Crippen LogP contribution in [0.2, 0.25) is 0 Å². The predicted octanol–water partition coefficient (Wildman–Crippen LogP) is 1.38. The van der Waals surface area contributed by atoms with E-state index in [4.69, 9.17) is 5.73 Å². The number of anilines is 1. The smallest absolute Gasteiger partial charge is 0.243 e. The molecule has 110 valence electrons. The lowest BCUT2D eigenvalue weighted by molar-refractivity contribution is 0.429. The maximum absolute atomic E-state index is 12.8. The summed E-state index contributed by atoms with van der Waals surface area (Å²) in [7, 11) is -3.54. The van der Waals surface area contributed by atoms with Crippen molar-refractivity contribution in [3.05, 3.63) is 46.8 Å². The van der Waals surface area contributed by atoms with Crippen LogP contribution in [0.5, 0.6) is 0 Å². The molecule has 0 saturated carbocycles. The molecule has 3 rings (SSSR count). The molecule has 2 aromatic rings. The van der Waals surface area contributed by atoms with Gasteiger partial charge >= 0.3 is 0 Å². The summed E-state index contributed by atoms with van der Waals surface area (Å²) < 4.78 is 26.9. The van der Waals surface area contributed by atoms with Crippen molar-refractivity contribution in [1.82, 2.24) is 14.3 Å². The Morgan fingerprint density at radius 1 is 1.24 bits per heavy atom. The molecule has 1 aliphatic rings. The highest BCUT2D eigenvalue weighted by Crippen LogP contribution is 2.29. The zero-order valence-electron chi connectivity index (χ0n) is 11.9. The molecule has 0 bridgehead atoms. The predicted molar refractivity (Wildman–Crippen MR) is 78.8 cm³/mol. The molecule has 0 spiro atoms. The Bertz CT molecular complexity index is 818. The van der Waals surface area contributed by atoms with Crippen molar-refractivity contribution in [3.63, 3.8) is 0 Å². The normalized spacial score (nSPS) is 15.1. The molecular weight excluding hydrogens is 288 g/mol. The third kappa shape index (κ3) is 2.38. The molecule has 0 fully saturated rings. The largest absolute Gasteiger partial charge is 0.368 e. The van der Waals surface area contributed by atoms with Crippen molar-refractivity contribution >= 4 is 16.0 Å². The second-order valence-electron chi connectivity index (χ2n) is 5.24. The number of nitrogens with two attached hydrogens (primary N) is 1. The van der Waals surface area contributed by atoms with E-state index in [0.717, 1.165) is 16.7 Å². The Morgan fingerprint density at radius 2 is 2.00 bits per heavy atom. The zero-order chi connectivity index (χ0) is 15.2. The molecule has 0 unspecified atom stereocenters. The third-order valence-electron chi connectivity index (χ3n) is 3.59. The zero-order valence-corrected chi connectivity index (χ0v) is 12.7. The van der Waals surface area contributed by atoms with Gasteiger partial charge in [-0.2, -0.15) is 4.31 Å². The first-order chi connectivity index (χ1) is 9.88. The fourth-order valence-corrected chi connectivity index (χ4v) is 4.12. The molecule has 7 heteroatoms. The Balaban J connectivity index is 1.98. The third-order valence-corrected chi connectivity index (χ3v) is 5.55. The molecule has 0 aliphatic carbocycles. The van der Waals surface area contributed by atoms with Crippen LogP contribution in [0.1, 0.15) is 22.4 Å². The van der Waals surface area contributed by atoms with Crippen molar-refractivity contribution in [2.45, 2.75) is 31.8 Å². The van der Waals surface area contributed by atoms with Gasteiger partial charge in [-0.1, -0.05) is 17.7 Å². The minimum absolute atomic E-state index is 0.166. The first kappa shape index (κ1) is 14.0. The number of hydrogen-bond donors (Lipinski definition) is 1. The number of fused-ring (bicyclic) bond motifs is 1. The van der Waals surface area contributed by atoms with Gasteiger partial charge in [0.1, 0.15) is 0 Å². The number of sulfonamides is 1. The molecule has 0 amide bonds. The van der Waals surface area contributed by atoms with E-state index in [2.05, 4.69) is 9.97 Å². The van der Waals surface area contributed by atoms with Crippen molar-refractivity contribution < 1.29 is 8.42 Å². The minimum atomic E-state index is -3.54. The van der Waals surface area contributed by atoms with E-state index in [1.807, 2.05) is 13.0 Å². The number of nitrogen functional groups attached to an aromatic ring is 1. The highest BCUT2D eigenvalue weighted by atomic mass is 32.2. The van der Waals surface area contributed by atoms with Gasteiger partial charge in [0.2, 0.25) is 16.0 Å². The van der Waals surface area contributed by atoms with Gasteiger partial charge < -0.3 is 5.73 Å². The average molecular weight is 304 g/mol. The van der Waals surface area contributed by atoms with Gasteiger partial charge in [-0.15, -0.1) is 0 Å². The second-order valence-corrected chi connectivity index (χ2v) is 7.15. The summed E-state index contributed by atoms with van der Waals surface area (Å²) >= 11 is 0. The monoisotopic (exact) mass is 304 g/mol. The fourth-order valence-electron chi connectivity index (χ4n) is 2.54. The highest BCUT2D eigenvalue weighted by Gasteiger charge is 2.32. The summed E-state index contributed by atoms with van der Waals surface area (Å²) in [5.41, 5.74) is 8.81. The molecule has 6 nitrogen and oxygen atoms in total. The molecule has 2 heterocycles. The maximum Gasteiger partial charge on any atom is 0.243 e. The van der Waals surface area contributed by atoms with E-state index >= 15 is 0 Å². The standard InChI is InChI=1S/C14H16N4O2S/c1-9-3-4-13(10(2)5-9)21(19,20)18-7-11-6-16-14(15)17-12(11)8-18/h3-6H,7-8H2,1-2H3,(H2,15,16,17). The van der Waals surface area contributed by atoms with Crippen LogP contribution in [0.25, 0.3) is 0 Å². The van der Waals surface area contributed by atoms with Gasteiger partial charge in [-0.05, 0) is 25.5 Å². The Hall–Kier alpha value is -1.99. The van der Waals surface area contributed by atoms with Gasteiger partial charge in [-0.25, -0.2) is 18.4 Å². The van der Waals surface area contributed by atoms with Crippen LogP contribution in [0.15, 0.2) is 29.3 Å². The number of aryl methyl sites for hydroxylation is 2. The van der Waals surface area contributed by atoms with E-state index in [1.54, 1.807) is 25.3 Å². The number of benzene rings is 1. The van der Waals surface area contributed by atoms with Crippen molar-refractivity contribution in [2.24, 2.45) is 0 Å². The van der Waals surface area contributed by atoms with Crippen molar-refractivity contribution in [2.75, 3.05) is 5.73 Å². The Morgan fingerprint density at radius 3 is 2.71 bits per heavy atom. The summed E-state index contributed by atoms with van der Waals surface area (Å²) in [6.45, 7) is 4.26. The summed E-state index contributed by atoms with van der Waals surface area (Å²) in [6, 6.07) is 5.33. The Labute approximate surface area is 123 Å². The molecule has 21 heavy (non-hydrogen) atoms. The van der Waals surface area contributed by atoms with Crippen molar-refractivity contribution in [3.8, 4) is 0 Å².